The summed E-state index contributed by atoms with van der Waals surface area (Å²) in [4.78, 5) is 26.8. The fourth-order valence-corrected chi connectivity index (χ4v) is 5.37. The number of nitrogens with one attached hydrogen (secondary N) is 1. The van der Waals surface area contributed by atoms with Crippen molar-refractivity contribution in [2.45, 2.75) is 18.7 Å². The molecule has 3 aromatic rings. The number of piperazine rings is 1. The van der Waals surface area contributed by atoms with Gasteiger partial charge >= 0.3 is 0 Å². The molecule has 1 saturated heterocycles. The van der Waals surface area contributed by atoms with E-state index in [0.717, 1.165) is 21.9 Å². The fourth-order valence-electron chi connectivity index (χ4n) is 3.91. The van der Waals surface area contributed by atoms with E-state index in [0.29, 0.717) is 5.56 Å². The zero-order chi connectivity index (χ0) is 23.6. The summed E-state index contributed by atoms with van der Waals surface area (Å²) in [7, 11) is -3.65. The molecule has 8 heteroatoms. The fraction of sp³-hybridized carbons (Fsp3) is 0.280. The van der Waals surface area contributed by atoms with Gasteiger partial charge in [-0.05, 0) is 60.0 Å². The van der Waals surface area contributed by atoms with E-state index in [4.69, 9.17) is 0 Å². The molecule has 7 nitrogen and oxygen atoms in total. The second-order valence-corrected chi connectivity index (χ2v) is 10.2. The zero-order valence-corrected chi connectivity index (χ0v) is 19.6. The Hall–Kier alpha value is -3.23. The Morgan fingerprint density at radius 3 is 2.24 bits per heavy atom. The van der Waals surface area contributed by atoms with Crippen LogP contribution in [0.5, 0.6) is 0 Å². The Kier molecular flexibility index (Phi) is 6.49. The van der Waals surface area contributed by atoms with Crippen LogP contribution in [0.2, 0.25) is 0 Å². The van der Waals surface area contributed by atoms with E-state index < -0.39 is 10.0 Å². The summed E-state index contributed by atoms with van der Waals surface area (Å²) < 4.78 is 27.6. The van der Waals surface area contributed by atoms with Gasteiger partial charge < -0.3 is 10.2 Å². The van der Waals surface area contributed by atoms with Crippen molar-refractivity contribution in [3.63, 3.8) is 0 Å². The molecule has 0 aliphatic carbocycles. The van der Waals surface area contributed by atoms with Crippen LogP contribution in [0, 0.1) is 13.8 Å². The number of rotatable bonds is 5. The number of amides is 2. The van der Waals surface area contributed by atoms with E-state index in [1.165, 1.54) is 4.31 Å². The lowest BCUT2D eigenvalue weighted by molar-refractivity contribution is -0.131. The highest BCUT2D eigenvalue weighted by Gasteiger charge is 2.30. The van der Waals surface area contributed by atoms with Crippen LogP contribution in [-0.4, -0.2) is 62.2 Å². The van der Waals surface area contributed by atoms with E-state index in [-0.39, 0.29) is 49.4 Å². The smallest absolute Gasteiger partial charge is 0.251 e. The van der Waals surface area contributed by atoms with Gasteiger partial charge in [-0.2, -0.15) is 4.31 Å². The highest BCUT2D eigenvalue weighted by Crippen LogP contribution is 2.23. The molecule has 2 amide bonds. The van der Waals surface area contributed by atoms with E-state index in [1.807, 2.05) is 44.2 Å². The maximum Gasteiger partial charge on any atom is 0.251 e. The van der Waals surface area contributed by atoms with Crippen molar-refractivity contribution >= 4 is 32.6 Å². The molecule has 0 radical (unpaired) electrons. The van der Waals surface area contributed by atoms with Crippen molar-refractivity contribution < 1.29 is 18.0 Å². The monoisotopic (exact) mass is 465 g/mol. The zero-order valence-electron chi connectivity index (χ0n) is 18.7. The molecular weight excluding hydrogens is 438 g/mol. The summed E-state index contributed by atoms with van der Waals surface area (Å²) in [5, 5.41) is 4.51. The van der Waals surface area contributed by atoms with Crippen molar-refractivity contribution in [3.05, 3.63) is 77.4 Å². The topological polar surface area (TPSA) is 86.8 Å². The van der Waals surface area contributed by atoms with Crippen LogP contribution in [0.15, 0.2) is 65.6 Å². The van der Waals surface area contributed by atoms with Gasteiger partial charge in [-0.1, -0.05) is 36.4 Å². The molecule has 3 aromatic carbocycles. The van der Waals surface area contributed by atoms with Crippen LogP contribution in [0.4, 0.5) is 0 Å². The van der Waals surface area contributed by atoms with E-state index in [9.17, 15) is 18.0 Å². The summed E-state index contributed by atoms with van der Waals surface area (Å²) in [6.07, 6.45) is 0. The van der Waals surface area contributed by atoms with Crippen molar-refractivity contribution in [1.29, 1.82) is 0 Å². The maximum atomic E-state index is 13.1. The molecule has 1 fully saturated rings. The lowest BCUT2D eigenvalue weighted by Crippen LogP contribution is -2.52. The Balaban J connectivity index is 1.34. The van der Waals surface area contributed by atoms with Crippen LogP contribution >= 0.6 is 0 Å². The van der Waals surface area contributed by atoms with Gasteiger partial charge in [0.15, 0.2) is 0 Å². The highest BCUT2D eigenvalue weighted by atomic mass is 32.2. The number of hydrogen-bond acceptors (Lipinski definition) is 4. The van der Waals surface area contributed by atoms with Gasteiger partial charge in [0.25, 0.3) is 5.91 Å². The average molecular weight is 466 g/mol. The standard InChI is InChI=1S/C25H27N3O4S/c1-18-7-8-22(15-19(18)2)25(30)26-17-24(29)27-11-13-28(14-12-27)33(31,32)23-10-9-20-5-3-4-6-21(20)16-23/h3-10,15-16H,11-14,17H2,1-2H3,(H,26,30). The third kappa shape index (κ3) is 4.91. The van der Waals surface area contributed by atoms with Gasteiger partial charge in [-0.25, -0.2) is 8.42 Å². The first-order chi connectivity index (χ1) is 15.8. The lowest BCUT2D eigenvalue weighted by atomic mass is 10.1. The summed E-state index contributed by atoms with van der Waals surface area (Å²) in [5.41, 5.74) is 2.62. The third-order valence-electron chi connectivity index (χ3n) is 6.12. The van der Waals surface area contributed by atoms with Gasteiger partial charge in [-0.3, -0.25) is 9.59 Å². The third-order valence-corrected chi connectivity index (χ3v) is 8.01. The summed E-state index contributed by atoms with van der Waals surface area (Å²) in [5.74, 6) is -0.529. The minimum Gasteiger partial charge on any atom is -0.343 e. The first-order valence-corrected chi connectivity index (χ1v) is 12.3. The normalized spacial score (nSPS) is 14.9. The van der Waals surface area contributed by atoms with E-state index >= 15 is 0 Å². The molecule has 1 heterocycles. The highest BCUT2D eigenvalue weighted by molar-refractivity contribution is 7.89. The number of benzene rings is 3. The minimum absolute atomic E-state index is 0.122. The molecule has 0 unspecified atom stereocenters. The van der Waals surface area contributed by atoms with Gasteiger partial charge in [0.1, 0.15) is 0 Å². The van der Waals surface area contributed by atoms with Gasteiger partial charge in [0, 0.05) is 31.7 Å². The van der Waals surface area contributed by atoms with E-state index in [2.05, 4.69) is 5.32 Å². The number of hydrogen-bond donors (Lipinski definition) is 1. The SMILES string of the molecule is Cc1ccc(C(=O)NCC(=O)N2CCN(S(=O)(=O)c3ccc4ccccc4c3)CC2)cc1C. The second kappa shape index (κ2) is 9.33. The first-order valence-electron chi connectivity index (χ1n) is 10.9. The molecule has 1 N–H and O–H groups in total. The Morgan fingerprint density at radius 2 is 1.55 bits per heavy atom. The Bertz CT molecular complexity index is 1310. The summed E-state index contributed by atoms with van der Waals surface area (Å²) in [6.45, 7) is 4.78. The van der Waals surface area contributed by atoms with Gasteiger partial charge in [-0.15, -0.1) is 0 Å². The molecule has 33 heavy (non-hydrogen) atoms. The number of aryl methyl sites for hydroxylation is 2. The van der Waals surface area contributed by atoms with Crippen molar-refractivity contribution in [2.75, 3.05) is 32.7 Å². The van der Waals surface area contributed by atoms with Crippen LogP contribution in [0.3, 0.4) is 0 Å². The van der Waals surface area contributed by atoms with Gasteiger partial charge in [0.2, 0.25) is 15.9 Å². The number of carbonyl (C=O) groups excluding carboxylic acids is 2. The average Bonchev–Trinajstić information content (AvgIpc) is 2.83. The van der Waals surface area contributed by atoms with Crippen molar-refractivity contribution in [3.8, 4) is 0 Å². The molecule has 4 rings (SSSR count). The summed E-state index contributed by atoms with van der Waals surface area (Å²) >= 11 is 0. The maximum absolute atomic E-state index is 13.1. The number of nitrogens with zero attached hydrogens (tertiary/aromatic N) is 2. The van der Waals surface area contributed by atoms with Crippen LogP contribution in [0.25, 0.3) is 10.8 Å². The quantitative estimate of drug-likeness (QED) is 0.628. The Labute approximate surface area is 194 Å². The molecule has 172 valence electrons. The van der Waals surface area contributed by atoms with Crippen LogP contribution < -0.4 is 5.32 Å². The molecule has 0 bridgehead atoms. The molecule has 1 aliphatic heterocycles. The number of carbonyl (C=O) groups is 2. The predicted molar refractivity (Wildman–Crippen MR) is 128 cm³/mol. The van der Waals surface area contributed by atoms with Crippen LogP contribution in [0.1, 0.15) is 21.5 Å². The van der Waals surface area contributed by atoms with Crippen LogP contribution in [-0.2, 0) is 14.8 Å². The lowest BCUT2D eigenvalue weighted by Gasteiger charge is -2.34. The molecule has 0 aromatic heterocycles. The molecule has 1 aliphatic rings. The molecular formula is C25H27N3O4S. The second-order valence-electron chi connectivity index (χ2n) is 8.28. The van der Waals surface area contributed by atoms with Crippen molar-refractivity contribution in [1.82, 2.24) is 14.5 Å². The molecule has 0 saturated carbocycles. The van der Waals surface area contributed by atoms with Gasteiger partial charge in [0.05, 0.1) is 11.4 Å². The minimum atomic E-state index is -3.65. The number of fused-ring (bicyclic) bond motifs is 1. The van der Waals surface area contributed by atoms with E-state index in [1.54, 1.807) is 35.2 Å². The molecule has 0 spiro atoms. The summed E-state index contributed by atoms with van der Waals surface area (Å²) in [6, 6.07) is 18.1. The Morgan fingerprint density at radius 1 is 0.848 bits per heavy atom. The number of sulfonamides is 1. The predicted octanol–water partition coefficient (Wildman–Crippen LogP) is 2.72. The molecule has 0 atom stereocenters. The first kappa shape index (κ1) is 22.9. The largest absolute Gasteiger partial charge is 0.343 e. The van der Waals surface area contributed by atoms with Crippen molar-refractivity contribution in [2.24, 2.45) is 0 Å².